The Hall–Kier alpha value is -2.22. The molecule has 1 atom stereocenters. The number of carbonyl (C=O) groups excluding carboxylic acids is 1. The maximum Gasteiger partial charge on any atom is 0.251 e. The first-order valence-electron chi connectivity index (χ1n) is 10.1. The molecule has 0 radical (unpaired) electrons. The monoisotopic (exact) mass is 416 g/mol. The molecular formula is C22H30N3O3S+. The molecule has 1 fully saturated rings. The molecule has 0 saturated carbocycles. The van der Waals surface area contributed by atoms with Crippen molar-refractivity contribution in [2.75, 3.05) is 33.7 Å². The molecule has 3 rings (SSSR count). The normalized spacial score (nSPS) is 16.1. The lowest BCUT2D eigenvalue weighted by atomic mass is 10.1. The van der Waals surface area contributed by atoms with Crippen LogP contribution in [0.1, 0.15) is 28.8 Å². The summed E-state index contributed by atoms with van der Waals surface area (Å²) in [6.45, 7) is 1.61. The summed E-state index contributed by atoms with van der Waals surface area (Å²) in [5.74, 6) is -0.247. The van der Waals surface area contributed by atoms with Crippen LogP contribution in [0.15, 0.2) is 59.5 Å². The lowest BCUT2D eigenvalue weighted by Crippen LogP contribution is -3.11. The van der Waals surface area contributed by atoms with Gasteiger partial charge in [0.15, 0.2) is 0 Å². The van der Waals surface area contributed by atoms with Gasteiger partial charge in [-0.25, -0.2) is 8.42 Å². The van der Waals surface area contributed by atoms with Crippen LogP contribution >= 0.6 is 0 Å². The molecular weight excluding hydrogens is 386 g/mol. The molecule has 0 spiro atoms. The Kier molecular flexibility index (Phi) is 7.05. The van der Waals surface area contributed by atoms with Gasteiger partial charge in [-0.15, -0.1) is 0 Å². The Balaban J connectivity index is 1.67. The Bertz CT molecular complexity index is 923. The van der Waals surface area contributed by atoms with Crippen LogP contribution in [0.3, 0.4) is 0 Å². The number of quaternary nitrogens is 1. The number of rotatable bonds is 8. The van der Waals surface area contributed by atoms with Crippen LogP contribution in [-0.2, 0) is 16.4 Å². The number of hydrogen-bond donors (Lipinski definition) is 2. The first kappa shape index (κ1) is 21.5. The van der Waals surface area contributed by atoms with E-state index in [0.29, 0.717) is 25.2 Å². The number of hydrogen-bond acceptors (Lipinski definition) is 3. The van der Waals surface area contributed by atoms with E-state index in [2.05, 4.69) is 31.5 Å². The number of carbonyl (C=O) groups is 1. The highest BCUT2D eigenvalue weighted by Gasteiger charge is 2.27. The molecule has 0 aliphatic carbocycles. The van der Waals surface area contributed by atoms with Crippen molar-refractivity contribution in [1.29, 1.82) is 0 Å². The van der Waals surface area contributed by atoms with Gasteiger partial charge in [0, 0.05) is 25.1 Å². The van der Waals surface area contributed by atoms with Crippen LogP contribution in [0.4, 0.5) is 0 Å². The number of likely N-dealkylation sites (N-methyl/N-ethyl adjacent to an activating group) is 1. The summed E-state index contributed by atoms with van der Waals surface area (Å²) < 4.78 is 27.0. The highest BCUT2D eigenvalue weighted by Crippen LogP contribution is 2.21. The molecule has 1 aliphatic heterocycles. The van der Waals surface area contributed by atoms with Gasteiger partial charge in [0.2, 0.25) is 10.0 Å². The fraction of sp³-hybridized carbons (Fsp3) is 0.409. The first-order valence-corrected chi connectivity index (χ1v) is 11.5. The van der Waals surface area contributed by atoms with E-state index in [0.717, 1.165) is 19.3 Å². The summed E-state index contributed by atoms with van der Waals surface area (Å²) in [6, 6.07) is 16.8. The molecule has 0 unspecified atom stereocenters. The number of nitrogens with one attached hydrogen (secondary N) is 2. The molecule has 0 bridgehead atoms. The minimum atomic E-state index is -3.53. The second-order valence-corrected chi connectivity index (χ2v) is 9.75. The zero-order chi connectivity index (χ0) is 20.9. The quantitative estimate of drug-likeness (QED) is 0.673. The third-order valence-electron chi connectivity index (χ3n) is 5.45. The van der Waals surface area contributed by atoms with Crippen LogP contribution in [0.25, 0.3) is 0 Å². The molecule has 156 valence electrons. The standard InChI is InChI=1S/C22H29N3O3S/c1-24(2)20(15-18-9-4-3-5-10-18)17-23-22(26)19-11-8-12-21(16-19)29(27,28)25-13-6-7-14-25/h3-5,8-12,16,20H,6-7,13-15,17H2,1-2H3,(H,23,26)/p+1/t20-/m0/s1. The van der Waals surface area contributed by atoms with E-state index in [1.807, 2.05) is 18.2 Å². The smallest absolute Gasteiger partial charge is 0.251 e. The topological polar surface area (TPSA) is 70.9 Å². The van der Waals surface area contributed by atoms with Gasteiger partial charge in [0.05, 0.1) is 25.5 Å². The predicted molar refractivity (Wildman–Crippen MR) is 114 cm³/mol. The van der Waals surface area contributed by atoms with Gasteiger partial charge in [-0.3, -0.25) is 4.79 Å². The van der Waals surface area contributed by atoms with E-state index < -0.39 is 10.0 Å². The second kappa shape index (κ2) is 9.52. The maximum atomic E-state index is 12.8. The van der Waals surface area contributed by atoms with Gasteiger partial charge in [-0.2, -0.15) is 4.31 Å². The average molecular weight is 417 g/mol. The molecule has 6 nitrogen and oxygen atoms in total. The van der Waals surface area contributed by atoms with E-state index >= 15 is 0 Å². The second-order valence-electron chi connectivity index (χ2n) is 7.81. The summed E-state index contributed by atoms with van der Waals surface area (Å²) in [4.78, 5) is 14.1. The van der Waals surface area contributed by atoms with Crippen molar-refractivity contribution in [3.05, 3.63) is 65.7 Å². The van der Waals surface area contributed by atoms with Crippen molar-refractivity contribution in [1.82, 2.24) is 9.62 Å². The molecule has 1 saturated heterocycles. The van der Waals surface area contributed by atoms with Crippen molar-refractivity contribution in [3.63, 3.8) is 0 Å². The molecule has 1 heterocycles. The number of nitrogens with zero attached hydrogens (tertiary/aromatic N) is 1. The van der Waals surface area contributed by atoms with E-state index in [1.165, 1.54) is 20.8 Å². The molecule has 29 heavy (non-hydrogen) atoms. The van der Waals surface area contributed by atoms with Crippen LogP contribution in [0, 0.1) is 0 Å². The molecule has 7 heteroatoms. The molecule has 2 N–H and O–H groups in total. The average Bonchev–Trinajstić information content (AvgIpc) is 3.27. The Labute approximate surface area is 173 Å². The molecule has 1 aliphatic rings. The van der Waals surface area contributed by atoms with Crippen LogP contribution < -0.4 is 10.2 Å². The molecule has 0 aromatic heterocycles. The van der Waals surface area contributed by atoms with E-state index in [-0.39, 0.29) is 16.8 Å². The molecule has 2 aromatic rings. The number of benzene rings is 2. The predicted octanol–water partition coefficient (Wildman–Crippen LogP) is 0.957. The first-order chi connectivity index (χ1) is 13.9. The van der Waals surface area contributed by atoms with E-state index in [1.54, 1.807) is 18.2 Å². The van der Waals surface area contributed by atoms with Crippen LogP contribution in [-0.4, -0.2) is 58.4 Å². The maximum absolute atomic E-state index is 12.8. The number of amides is 1. The van der Waals surface area contributed by atoms with Gasteiger partial charge in [-0.1, -0.05) is 36.4 Å². The van der Waals surface area contributed by atoms with Crippen molar-refractivity contribution >= 4 is 15.9 Å². The molecule has 1 amide bonds. The minimum Gasteiger partial charge on any atom is -0.346 e. The van der Waals surface area contributed by atoms with Crippen LogP contribution in [0.5, 0.6) is 0 Å². The Morgan fingerprint density at radius 3 is 2.41 bits per heavy atom. The van der Waals surface area contributed by atoms with E-state index in [4.69, 9.17) is 0 Å². The Morgan fingerprint density at radius 2 is 1.76 bits per heavy atom. The summed E-state index contributed by atoms with van der Waals surface area (Å²) in [6.07, 6.45) is 2.62. The third-order valence-corrected chi connectivity index (χ3v) is 7.34. The lowest BCUT2D eigenvalue weighted by Gasteiger charge is -2.22. The Morgan fingerprint density at radius 1 is 1.07 bits per heavy atom. The highest BCUT2D eigenvalue weighted by atomic mass is 32.2. The van der Waals surface area contributed by atoms with Crippen molar-refractivity contribution < 1.29 is 18.1 Å². The van der Waals surface area contributed by atoms with Crippen molar-refractivity contribution in [2.45, 2.75) is 30.2 Å². The SMILES string of the molecule is C[NH+](C)[C@H](CNC(=O)c1cccc(S(=O)(=O)N2CCCC2)c1)Cc1ccccc1. The fourth-order valence-electron chi connectivity index (χ4n) is 3.57. The van der Waals surface area contributed by atoms with Gasteiger partial charge in [-0.05, 0) is 36.6 Å². The summed E-state index contributed by atoms with van der Waals surface area (Å²) in [7, 11) is 0.614. The summed E-state index contributed by atoms with van der Waals surface area (Å²) in [5.41, 5.74) is 1.60. The van der Waals surface area contributed by atoms with Crippen molar-refractivity contribution in [2.24, 2.45) is 0 Å². The minimum absolute atomic E-state index is 0.186. The third kappa shape index (κ3) is 5.44. The zero-order valence-electron chi connectivity index (χ0n) is 17.1. The van der Waals surface area contributed by atoms with Crippen LogP contribution in [0.2, 0.25) is 0 Å². The highest BCUT2D eigenvalue weighted by molar-refractivity contribution is 7.89. The van der Waals surface area contributed by atoms with Gasteiger partial charge >= 0.3 is 0 Å². The molecule has 2 aromatic carbocycles. The van der Waals surface area contributed by atoms with Gasteiger partial charge in [0.1, 0.15) is 6.04 Å². The number of sulfonamides is 1. The lowest BCUT2D eigenvalue weighted by molar-refractivity contribution is -0.884. The summed E-state index contributed by atoms with van der Waals surface area (Å²) in [5, 5.41) is 2.98. The van der Waals surface area contributed by atoms with Gasteiger partial charge < -0.3 is 10.2 Å². The fourth-order valence-corrected chi connectivity index (χ4v) is 5.14. The summed E-state index contributed by atoms with van der Waals surface area (Å²) >= 11 is 0. The van der Waals surface area contributed by atoms with Crippen molar-refractivity contribution in [3.8, 4) is 0 Å². The largest absolute Gasteiger partial charge is 0.346 e. The zero-order valence-corrected chi connectivity index (χ0v) is 17.9. The van der Waals surface area contributed by atoms with E-state index in [9.17, 15) is 13.2 Å². The van der Waals surface area contributed by atoms with Gasteiger partial charge in [0.25, 0.3) is 5.91 Å².